The maximum Gasteiger partial charge on any atom is 0.150 e. The minimum Gasteiger partial charge on any atom is -0.314 e. The summed E-state index contributed by atoms with van der Waals surface area (Å²) in [4.78, 5) is 4.34. The van der Waals surface area contributed by atoms with Crippen molar-refractivity contribution in [2.45, 2.75) is 52.0 Å². The van der Waals surface area contributed by atoms with Gasteiger partial charge in [-0.15, -0.1) is 0 Å². The molecule has 0 radical (unpaired) electrons. The Hall–Kier alpha value is -0.940. The lowest BCUT2D eigenvalue weighted by atomic mass is 10.0. The molecule has 120 valence electrons. The Balaban J connectivity index is 2.40. The van der Waals surface area contributed by atoms with Gasteiger partial charge in [0, 0.05) is 23.7 Å². The fraction of sp³-hybridized carbons (Fsp3) is 0.688. The predicted molar refractivity (Wildman–Crippen MR) is 88.2 cm³/mol. The third kappa shape index (κ3) is 8.17. The van der Waals surface area contributed by atoms with Crippen LogP contribution in [0.3, 0.4) is 0 Å². The molecular formula is C16H28N2O2S. The standard InChI is InChI=1S/C16H28N2O2S/c1-3-12-17-16(9-7-14-21(19,20)4-2)11-10-15-8-5-6-13-18-15/h5-6,8,13,16-17H,3-4,7,9-12,14H2,1-2H3. The van der Waals surface area contributed by atoms with Gasteiger partial charge in [0.2, 0.25) is 0 Å². The van der Waals surface area contributed by atoms with Crippen LogP contribution in [0.25, 0.3) is 0 Å². The largest absolute Gasteiger partial charge is 0.314 e. The SMILES string of the molecule is CCCNC(CCCS(=O)(=O)CC)CCc1ccccn1. The molecule has 1 aromatic heterocycles. The highest BCUT2D eigenvalue weighted by Crippen LogP contribution is 2.09. The molecule has 0 aromatic carbocycles. The number of hydrogen-bond donors (Lipinski definition) is 1. The van der Waals surface area contributed by atoms with Gasteiger partial charge in [-0.05, 0) is 50.8 Å². The highest BCUT2D eigenvalue weighted by Gasteiger charge is 2.12. The summed E-state index contributed by atoms with van der Waals surface area (Å²) < 4.78 is 23.1. The van der Waals surface area contributed by atoms with E-state index in [0.29, 0.717) is 11.8 Å². The first-order valence-corrected chi connectivity index (χ1v) is 9.73. The third-order valence-corrected chi connectivity index (χ3v) is 5.40. The number of pyridine rings is 1. The molecule has 1 rings (SSSR count). The lowest BCUT2D eigenvalue weighted by Crippen LogP contribution is -2.31. The Morgan fingerprint density at radius 3 is 2.67 bits per heavy atom. The lowest BCUT2D eigenvalue weighted by molar-refractivity contribution is 0.446. The number of sulfone groups is 1. The van der Waals surface area contributed by atoms with Crippen molar-refractivity contribution < 1.29 is 8.42 Å². The minimum absolute atomic E-state index is 0.244. The zero-order chi connectivity index (χ0) is 15.6. The molecule has 1 unspecified atom stereocenters. The zero-order valence-corrected chi connectivity index (χ0v) is 14.0. The molecule has 0 aliphatic carbocycles. The molecule has 1 N–H and O–H groups in total. The predicted octanol–water partition coefficient (Wildman–Crippen LogP) is 2.60. The van der Waals surface area contributed by atoms with Crippen LogP contribution in [0.5, 0.6) is 0 Å². The van der Waals surface area contributed by atoms with Crippen molar-refractivity contribution in [3.63, 3.8) is 0 Å². The van der Waals surface area contributed by atoms with E-state index in [0.717, 1.165) is 44.3 Å². The molecule has 0 spiro atoms. The van der Waals surface area contributed by atoms with E-state index >= 15 is 0 Å². The van der Waals surface area contributed by atoms with Crippen LogP contribution in [0.15, 0.2) is 24.4 Å². The number of nitrogens with one attached hydrogen (secondary N) is 1. The average molecular weight is 312 g/mol. The minimum atomic E-state index is -2.84. The maximum atomic E-state index is 11.5. The molecule has 1 aromatic rings. The molecule has 21 heavy (non-hydrogen) atoms. The number of aromatic nitrogens is 1. The third-order valence-electron chi connectivity index (χ3n) is 3.61. The van der Waals surface area contributed by atoms with Gasteiger partial charge >= 0.3 is 0 Å². The second-order valence-corrected chi connectivity index (χ2v) is 7.86. The molecule has 0 saturated heterocycles. The summed E-state index contributed by atoms with van der Waals surface area (Å²) in [6.07, 6.45) is 6.49. The fourth-order valence-corrected chi connectivity index (χ4v) is 3.15. The van der Waals surface area contributed by atoms with Crippen LogP contribution >= 0.6 is 0 Å². The van der Waals surface area contributed by atoms with E-state index < -0.39 is 9.84 Å². The summed E-state index contributed by atoms with van der Waals surface area (Å²) in [6.45, 7) is 4.83. The number of hydrogen-bond acceptors (Lipinski definition) is 4. The number of nitrogens with zero attached hydrogens (tertiary/aromatic N) is 1. The lowest BCUT2D eigenvalue weighted by Gasteiger charge is -2.18. The Kier molecular flexibility index (Phi) is 8.54. The second kappa shape index (κ2) is 9.90. The molecule has 1 atom stereocenters. The van der Waals surface area contributed by atoms with Gasteiger partial charge in [-0.1, -0.05) is 19.9 Å². The topological polar surface area (TPSA) is 59.1 Å². The van der Waals surface area contributed by atoms with Crippen molar-refractivity contribution >= 4 is 9.84 Å². The first-order valence-electron chi connectivity index (χ1n) is 7.91. The summed E-state index contributed by atoms with van der Waals surface area (Å²) in [5.41, 5.74) is 1.10. The van der Waals surface area contributed by atoms with Crippen molar-refractivity contribution in [3.8, 4) is 0 Å². The molecule has 4 nitrogen and oxygen atoms in total. The van der Waals surface area contributed by atoms with Crippen molar-refractivity contribution in [1.82, 2.24) is 10.3 Å². The van der Waals surface area contributed by atoms with Crippen LogP contribution in [0, 0.1) is 0 Å². The van der Waals surface area contributed by atoms with Gasteiger partial charge in [0.25, 0.3) is 0 Å². The van der Waals surface area contributed by atoms with Crippen LogP contribution in [-0.2, 0) is 16.3 Å². The van der Waals surface area contributed by atoms with Gasteiger partial charge in [0.15, 0.2) is 0 Å². The van der Waals surface area contributed by atoms with Crippen LogP contribution in [0.4, 0.5) is 0 Å². The molecule has 0 aliphatic heterocycles. The van der Waals surface area contributed by atoms with Crippen LogP contribution in [-0.4, -0.2) is 37.5 Å². The van der Waals surface area contributed by atoms with E-state index in [2.05, 4.69) is 17.2 Å². The summed E-state index contributed by atoms with van der Waals surface area (Å²) >= 11 is 0. The van der Waals surface area contributed by atoms with E-state index in [9.17, 15) is 8.42 Å². The average Bonchev–Trinajstić information content (AvgIpc) is 2.50. The second-order valence-electron chi connectivity index (χ2n) is 5.39. The maximum absolute atomic E-state index is 11.5. The molecule has 0 bridgehead atoms. The molecule has 0 aliphatic rings. The Morgan fingerprint density at radius 1 is 1.24 bits per heavy atom. The highest BCUT2D eigenvalue weighted by atomic mass is 32.2. The summed E-state index contributed by atoms with van der Waals surface area (Å²) in [5, 5.41) is 3.52. The van der Waals surface area contributed by atoms with Crippen molar-refractivity contribution in [1.29, 1.82) is 0 Å². The van der Waals surface area contributed by atoms with E-state index in [1.807, 2.05) is 24.4 Å². The molecular weight excluding hydrogens is 284 g/mol. The monoisotopic (exact) mass is 312 g/mol. The summed E-state index contributed by atoms with van der Waals surface area (Å²) in [6, 6.07) is 6.34. The first kappa shape index (κ1) is 18.1. The molecule has 1 heterocycles. The molecule has 0 amide bonds. The van der Waals surface area contributed by atoms with Crippen LogP contribution in [0.2, 0.25) is 0 Å². The van der Waals surface area contributed by atoms with Gasteiger partial charge in [-0.2, -0.15) is 0 Å². The Labute approximate surface area is 129 Å². The zero-order valence-electron chi connectivity index (χ0n) is 13.2. The Morgan fingerprint density at radius 2 is 2.05 bits per heavy atom. The molecule has 5 heteroatoms. The Bertz CT molecular complexity index is 474. The van der Waals surface area contributed by atoms with Crippen LogP contribution < -0.4 is 5.32 Å². The van der Waals surface area contributed by atoms with E-state index in [-0.39, 0.29) is 5.75 Å². The number of aryl methyl sites for hydroxylation is 1. The quantitative estimate of drug-likeness (QED) is 0.682. The summed E-state index contributed by atoms with van der Waals surface area (Å²) in [5.74, 6) is 0.547. The summed E-state index contributed by atoms with van der Waals surface area (Å²) in [7, 11) is -2.84. The first-order chi connectivity index (χ1) is 10.1. The normalized spacial score (nSPS) is 13.2. The van der Waals surface area contributed by atoms with Gasteiger partial charge in [-0.3, -0.25) is 4.98 Å². The van der Waals surface area contributed by atoms with Crippen molar-refractivity contribution in [2.75, 3.05) is 18.1 Å². The van der Waals surface area contributed by atoms with Crippen LogP contribution in [0.1, 0.15) is 45.2 Å². The van der Waals surface area contributed by atoms with Crippen molar-refractivity contribution in [3.05, 3.63) is 30.1 Å². The van der Waals surface area contributed by atoms with Crippen molar-refractivity contribution in [2.24, 2.45) is 0 Å². The van der Waals surface area contributed by atoms with Gasteiger partial charge in [-0.25, -0.2) is 8.42 Å². The van der Waals surface area contributed by atoms with Gasteiger partial charge in [0.05, 0.1) is 5.75 Å². The van der Waals surface area contributed by atoms with E-state index in [1.165, 1.54) is 0 Å². The van der Waals surface area contributed by atoms with E-state index in [4.69, 9.17) is 0 Å². The molecule has 0 saturated carbocycles. The smallest absolute Gasteiger partial charge is 0.150 e. The fourth-order valence-electron chi connectivity index (χ4n) is 2.26. The van der Waals surface area contributed by atoms with Gasteiger partial charge < -0.3 is 5.32 Å². The van der Waals surface area contributed by atoms with Gasteiger partial charge in [0.1, 0.15) is 9.84 Å². The number of rotatable bonds is 11. The highest BCUT2D eigenvalue weighted by molar-refractivity contribution is 7.91. The van der Waals surface area contributed by atoms with E-state index in [1.54, 1.807) is 6.92 Å². The molecule has 0 fully saturated rings.